The summed E-state index contributed by atoms with van der Waals surface area (Å²) in [7, 11) is 1.59. The predicted octanol–water partition coefficient (Wildman–Crippen LogP) is 1.63. The van der Waals surface area contributed by atoms with Gasteiger partial charge in [-0.1, -0.05) is 12.1 Å². The number of carbonyl (C=O) groups is 1. The van der Waals surface area contributed by atoms with Crippen LogP contribution >= 0.6 is 11.8 Å². The fraction of sp³-hybridized carbons (Fsp3) is 0.588. The Balaban J connectivity index is 1.68. The zero-order chi connectivity index (χ0) is 16.1. The molecule has 0 unspecified atom stereocenters. The van der Waals surface area contributed by atoms with Crippen molar-refractivity contribution in [1.29, 1.82) is 0 Å². The van der Waals surface area contributed by atoms with Crippen LogP contribution in [0.25, 0.3) is 0 Å². The van der Waals surface area contributed by atoms with Gasteiger partial charge in [-0.05, 0) is 24.3 Å². The summed E-state index contributed by atoms with van der Waals surface area (Å²) in [6, 6.07) is 7.36. The van der Waals surface area contributed by atoms with Crippen LogP contribution in [0.15, 0.2) is 24.3 Å². The van der Waals surface area contributed by atoms with Crippen LogP contribution in [0.3, 0.4) is 0 Å². The van der Waals surface area contributed by atoms with Crippen molar-refractivity contribution in [2.24, 2.45) is 0 Å². The quantitative estimate of drug-likeness (QED) is 0.886. The minimum Gasteiger partial charge on any atom is -0.496 e. The Morgan fingerprint density at radius 2 is 2.17 bits per heavy atom. The van der Waals surface area contributed by atoms with E-state index in [-0.39, 0.29) is 11.4 Å². The van der Waals surface area contributed by atoms with E-state index in [1.807, 2.05) is 30.0 Å². The van der Waals surface area contributed by atoms with E-state index in [1.54, 1.807) is 13.2 Å². The number of nitrogens with one attached hydrogen (secondary N) is 1. The zero-order valence-electron chi connectivity index (χ0n) is 13.5. The van der Waals surface area contributed by atoms with Gasteiger partial charge in [0.25, 0.3) is 5.91 Å². The van der Waals surface area contributed by atoms with Gasteiger partial charge in [0.15, 0.2) is 0 Å². The lowest BCUT2D eigenvalue weighted by atomic mass is 9.95. The first-order valence-electron chi connectivity index (χ1n) is 8.07. The van der Waals surface area contributed by atoms with E-state index in [2.05, 4.69) is 10.2 Å². The summed E-state index contributed by atoms with van der Waals surface area (Å²) in [5.74, 6) is 2.78. The number of benzene rings is 1. The molecule has 1 amide bonds. The Morgan fingerprint density at radius 3 is 2.87 bits per heavy atom. The normalized spacial score (nSPS) is 25.3. The minimum atomic E-state index is -0.0630. The second-order valence-electron chi connectivity index (χ2n) is 6.01. The zero-order valence-corrected chi connectivity index (χ0v) is 14.4. The number of hydrogen-bond donors (Lipinski definition) is 1. The lowest BCUT2D eigenvalue weighted by Crippen LogP contribution is -2.59. The van der Waals surface area contributed by atoms with Gasteiger partial charge in [0.2, 0.25) is 0 Å². The van der Waals surface area contributed by atoms with Crippen LogP contribution in [0.2, 0.25) is 0 Å². The molecule has 5 nitrogen and oxygen atoms in total. The molecule has 1 atom stereocenters. The van der Waals surface area contributed by atoms with E-state index >= 15 is 0 Å². The van der Waals surface area contributed by atoms with Gasteiger partial charge in [-0.3, -0.25) is 9.69 Å². The Hall–Kier alpha value is -1.24. The second kappa shape index (κ2) is 7.55. The monoisotopic (exact) mass is 336 g/mol. The van der Waals surface area contributed by atoms with Crippen molar-refractivity contribution in [3.05, 3.63) is 29.8 Å². The summed E-state index contributed by atoms with van der Waals surface area (Å²) in [4.78, 5) is 15.1. The molecule has 1 N–H and O–H groups in total. The Kier molecular flexibility index (Phi) is 5.46. The van der Waals surface area contributed by atoms with Crippen LogP contribution in [-0.2, 0) is 4.74 Å². The Labute approximate surface area is 141 Å². The van der Waals surface area contributed by atoms with Crippen LogP contribution in [0.4, 0.5) is 0 Å². The molecule has 2 saturated heterocycles. The second-order valence-corrected chi connectivity index (χ2v) is 7.11. The molecule has 0 bridgehead atoms. The fourth-order valence-corrected chi connectivity index (χ4v) is 4.78. The van der Waals surface area contributed by atoms with E-state index in [4.69, 9.17) is 9.47 Å². The van der Waals surface area contributed by atoms with Gasteiger partial charge in [-0.2, -0.15) is 11.8 Å². The molecule has 2 aliphatic rings. The summed E-state index contributed by atoms with van der Waals surface area (Å²) in [5.41, 5.74) is 0.657. The van der Waals surface area contributed by atoms with Crippen LogP contribution in [0.1, 0.15) is 16.8 Å². The minimum absolute atomic E-state index is 0.0616. The third kappa shape index (κ3) is 3.65. The van der Waals surface area contributed by atoms with Crippen molar-refractivity contribution >= 4 is 17.7 Å². The molecule has 0 saturated carbocycles. The molecular formula is C17H24N2O3S. The number of para-hydroxylation sites is 1. The third-order valence-electron chi connectivity index (χ3n) is 4.69. The van der Waals surface area contributed by atoms with Crippen LogP contribution < -0.4 is 10.1 Å². The van der Waals surface area contributed by atoms with Crippen molar-refractivity contribution < 1.29 is 14.3 Å². The average Bonchev–Trinajstić information content (AvgIpc) is 3.10. The lowest BCUT2D eigenvalue weighted by molar-refractivity contribution is -0.0129. The molecule has 2 heterocycles. The molecule has 0 aliphatic carbocycles. The molecule has 3 rings (SSSR count). The number of morpholine rings is 1. The first-order valence-corrected chi connectivity index (χ1v) is 9.22. The van der Waals surface area contributed by atoms with Crippen LogP contribution in [0, 0.1) is 0 Å². The number of nitrogens with zero attached hydrogens (tertiary/aromatic N) is 1. The van der Waals surface area contributed by atoms with Gasteiger partial charge in [0.05, 0.1) is 25.9 Å². The molecule has 2 aliphatic heterocycles. The van der Waals surface area contributed by atoms with Crippen LogP contribution in [-0.4, -0.2) is 67.8 Å². The standard InChI is InChI=1S/C17H24N2O3S/c1-21-15-5-3-2-4-14(15)16(20)18-12-17(6-11-23-13-17)19-7-9-22-10-8-19/h2-5H,6-13H2,1H3,(H,18,20)/t17-/m0/s1. The summed E-state index contributed by atoms with van der Waals surface area (Å²) in [6.45, 7) is 4.15. The van der Waals surface area contributed by atoms with E-state index < -0.39 is 0 Å². The maximum Gasteiger partial charge on any atom is 0.255 e. The molecule has 0 spiro atoms. The third-order valence-corrected chi connectivity index (χ3v) is 5.93. The maximum atomic E-state index is 12.6. The number of carbonyl (C=O) groups excluding carboxylic acids is 1. The number of amides is 1. The highest BCUT2D eigenvalue weighted by atomic mass is 32.2. The van der Waals surface area contributed by atoms with E-state index in [9.17, 15) is 4.79 Å². The average molecular weight is 336 g/mol. The van der Waals surface area contributed by atoms with Gasteiger partial charge in [-0.15, -0.1) is 0 Å². The summed E-state index contributed by atoms with van der Waals surface area (Å²) >= 11 is 1.97. The Bertz CT molecular complexity index is 540. The highest BCUT2D eigenvalue weighted by molar-refractivity contribution is 7.99. The Morgan fingerprint density at radius 1 is 1.39 bits per heavy atom. The number of thioether (sulfide) groups is 1. The first-order chi connectivity index (χ1) is 11.2. The van der Waals surface area contributed by atoms with Gasteiger partial charge in [0, 0.05) is 30.9 Å². The highest BCUT2D eigenvalue weighted by Gasteiger charge is 2.40. The molecule has 23 heavy (non-hydrogen) atoms. The molecule has 6 heteroatoms. The molecule has 0 radical (unpaired) electrons. The van der Waals surface area contributed by atoms with E-state index in [1.165, 1.54) is 0 Å². The molecule has 2 fully saturated rings. The first kappa shape index (κ1) is 16.6. The highest BCUT2D eigenvalue weighted by Crippen LogP contribution is 2.33. The van der Waals surface area contributed by atoms with Crippen molar-refractivity contribution in [3.8, 4) is 5.75 Å². The summed E-state index contributed by atoms with van der Waals surface area (Å²) < 4.78 is 10.8. The number of rotatable bonds is 5. The molecule has 1 aromatic rings. The molecule has 1 aromatic carbocycles. The smallest absolute Gasteiger partial charge is 0.255 e. The topological polar surface area (TPSA) is 50.8 Å². The lowest BCUT2D eigenvalue weighted by Gasteiger charge is -2.43. The van der Waals surface area contributed by atoms with Crippen molar-refractivity contribution in [2.45, 2.75) is 12.0 Å². The van der Waals surface area contributed by atoms with Gasteiger partial charge < -0.3 is 14.8 Å². The SMILES string of the molecule is COc1ccccc1C(=O)NC[C@@]1(N2CCOCC2)CCSC1. The molecular weight excluding hydrogens is 312 g/mol. The largest absolute Gasteiger partial charge is 0.496 e. The summed E-state index contributed by atoms with van der Waals surface area (Å²) in [6.07, 6.45) is 1.11. The van der Waals surface area contributed by atoms with E-state index in [0.29, 0.717) is 17.9 Å². The maximum absolute atomic E-state index is 12.6. The molecule has 0 aromatic heterocycles. The van der Waals surface area contributed by atoms with Crippen molar-refractivity contribution in [2.75, 3.05) is 51.5 Å². The van der Waals surface area contributed by atoms with Gasteiger partial charge >= 0.3 is 0 Å². The number of hydrogen-bond acceptors (Lipinski definition) is 5. The molecule has 126 valence electrons. The van der Waals surface area contributed by atoms with Crippen LogP contribution in [0.5, 0.6) is 5.75 Å². The van der Waals surface area contributed by atoms with Gasteiger partial charge in [-0.25, -0.2) is 0 Å². The van der Waals surface area contributed by atoms with E-state index in [0.717, 1.165) is 44.2 Å². The number of methoxy groups -OCH3 is 1. The van der Waals surface area contributed by atoms with Crippen molar-refractivity contribution in [1.82, 2.24) is 10.2 Å². The summed E-state index contributed by atoms with van der Waals surface area (Å²) in [5, 5.41) is 3.14. The van der Waals surface area contributed by atoms with Crippen molar-refractivity contribution in [3.63, 3.8) is 0 Å². The fourth-order valence-electron chi connectivity index (χ4n) is 3.31. The van der Waals surface area contributed by atoms with Gasteiger partial charge in [0.1, 0.15) is 5.75 Å². The predicted molar refractivity (Wildman–Crippen MR) is 92.4 cm³/mol. The number of ether oxygens (including phenoxy) is 2.